The van der Waals surface area contributed by atoms with Gasteiger partial charge in [0.1, 0.15) is 0 Å². The molecule has 0 saturated heterocycles. The van der Waals surface area contributed by atoms with E-state index in [0.29, 0.717) is 12.1 Å². The summed E-state index contributed by atoms with van der Waals surface area (Å²) in [5, 5.41) is 12.4. The highest BCUT2D eigenvalue weighted by atomic mass is 16.4. The van der Waals surface area contributed by atoms with Gasteiger partial charge in [0.2, 0.25) is 0 Å². The largest absolute Gasteiger partial charge is 0.481 e. The second kappa shape index (κ2) is 5.35. The molecule has 3 nitrogen and oxygen atoms in total. The van der Waals surface area contributed by atoms with E-state index >= 15 is 0 Å². The zero-order chi connectivity index (χ0) is 10.6. The van der Waals surface area contributed by atoms with Crippen molar-refractivity contribution in [1.29, 1.82) is 0 Å². The molecule has 82 valence electrons. The molecular weight excluding hydrogens is 178 g/mol. The Labute approximate surface area is 85.9 Å². The predicted octanol–water partition coefficient (Wildman–Crippen LogP) is 2.02. The van der Waals surface area contributed by atoms with Gasteiger partial charge >= 0.3 is 5.97 Å². The van der Waals surface area contributed by atoms with Crippen LogP contribution in [0.25, 0.3) is 0 Å². The molecule has 0 aromatic carbocycles. The Bertz CT molecular complexity index is 194. The molecule has 3 atom stereocenters. The molecule has 14 heavy (non-hydrogen) atoms. The van der Waals surface area contributed by atoms with Crippen LogP contribution in [0.15, 0.2) is 0 Å². The molecule has 1 aliphatic rings. The summed E-state index contributed by atoms with van der Waals surface area (Å²) in [5.74, 6) is -0.744. The highest BCUT2D eigenvalue weighted by Crippen LogP contribution is 2.24. The van der Waals surface area contributed by atoms with Crippen LogP contribution in [0.2, 0.25) is 0 Å². The van der Waals surface area contributed by atoms with E-state index in [0.717, 1.165) is 32.1 Å². The van der Waals surface area contributed by atoms with Crippen molar-refractivity contribution in [2.45, 2.75) is 58.0 Å². The van der Waals surface area contributed by atoms with E-state index in [1.54, 1.807) is 0 Å². The van der Waals surface area contributed by atoms with Gasteiger partial charge in [-0.2, -0.15) is 0 Å². The van der Waals surface area contributed by atoms with Gasteiger partial charge in [-0.25, -0.2) is 0 Å². The summed E-state index contributed by atoms with van der Waals surface area (Å²) in [5.41, 5.74) is 0. The third-order valence-corrected chi connectivity index (χ3v) is 3.16. The van der Waals surface area contributed by atoms with Gasteiger partial charge in [0, 0.05) is 12.1 Å². The summed E-state index contributed by atoms with van der Waals surface area (Å²) in [6.07, 6.45) is 4.95. The Hall–Kier alpha value is -0.570. The van der Waals surface area contributed by atoms with Gasteiger partial charge in [-0.15, -0.1) is 0 Å². The predicted molar refractivity (Wildman–Crippen MR) is 56.3 cm³/mol. The lowest BCUT2D eigenvalue weighted by molar-refractivity contribution is -0.143. The van der Waals surface area contributed by atoms with E-state index in [1.807, 2.05) is 0 Å². The number of rotatable bonds is 4. The summed E-state index contributed by atoms with van der Waals surface area (Å²) in [4.78, 5) is 10.8. The number of hydrogen-bond acceptors (Lipinski definition) is 2. The van der Waals surface area contributed by atoms with Crippen LogP contribution in [0.4, 0.5) is 0 Å². The number of carbonyl (C=O) groups is 1. The molecule has 1 fully saturated rings. The summed E-state index contributed by atoms with van der Waals surface area (Å²) < 4.78 is 0. The maximum atomic E-state index is 10.8. The first-order chi connectivity index (χ1) is 6.63. The minimum Gasteiger partial charge on any atom is -0.481 e. The molecule has 0 aromatic rings. The van der Waals surface area contributed by atoms with Crippen molar-refractivity contribution in [3.8, 4) is 0 Å². The summed E-state index contributed by atoms with van der Waals surface area (Å²) in [6.45, 7) is 4.31. The van der Waals surface area contributed by atoms with Crippen molar-refractivity contribution in [3.63, 3.8) is 0 Å². The van der Waals surface area contributed by atoms with Crippen LogP contribution in [0.1, 0.15) is 46.0 Å². The van der Waals surface area contributed by atoms with Crippen LogP contribution in [0.3, 0.4) is 0 Å². The van der Waals surface area contributed by atoms with Crippen molar-refractivity contribution in [2.24, 2.45) is 5.92 Å². The van der Waals surface area contributed by atoms with Gasteiger partial charge < -0.3 is 10.4 Å². The van der Waals surface area contributed by atoms with Gasteiger partial charge in [-0.3, -0.25) is 4.79 Å². The van der Waals surface area contributed by atoms with Gasteiger partial charge in [0.05, 0.1) is 5.92 Å². The second-order valence-electron chi connectivity index (χ2n) is 4.37. The fourth-order valence-corrected chi connectivity index (χ4v) is 2.09. The maximum absolute atomic E-state index is 10.8. The topological polar surface area (TPSA) is 49.3 Å². The lowest BCUT2D eigenvalue weighted by Crippen LogP contribution is -2.40. The van der Waals surface area contributed by atoms with Crippen LogP contribution in [0.5, 0.6) is 0 Å². The minimum absolute atomic E-state index is 0.120. The van der Waals surface area contributed by atoms with Crippen molar-refractivity contribution < 1.29 is 9.90 Å². The first-order valence-electron chi connectivity index (χ1n) is 5.62. The molecular formula is C11H21NO2. The van der Waals surface area contributed by atoms with Crippen LogP contribution in [0, 0.1) is 5.92 Å². The van der Waals surface area contributed by atoms with E-state index in [2.05, 4.69) is 19.2 Å². The third-order valence-electron chi connectivity index (χ3n) is 3.16. The molecule has 2 N–H and O–H groups in total. The smallest absolute Gasteiger partial charge is 0.306 e. The highest BCUT2D eigenvalue weighted by molar-refractivity contribution is 5.70. The second-order valence-corrected chi connectivity index (χ2v) is 4.37. The molecule has 0 spiro atoms. The molecule has 0 bridgehead atoms. The molecule has 1 rings (SSSR count). The van der Waals surface area contributed by atoms with E-state index in [-0.39, 0.29) is 5.92 Å². The molecule has 3 unspecified atom stereocenters. The van der Waals surface area contributed by atoms with Gasteiger partial charge in [0.15, 0.2) is 0 Å². The van der Waals surface area contributed by atoms with E-state index in [1.165, 1.54) is 0 Å². The van der Waals surface area contributed by atoms with Crippen molar-refractivity contribution in [1.82, 2.24) is 5.32 Å². The van der Waals surface area contributed by atoms with Gasteiger partial charge in [-0.1, -0.05) is 13.3 Å². The fourth-order valence-electron chi connectivity index (χ4n) is 2.09. The Balaban J connectivity index is 2.36. The quantitative estimate of drug-likeness (QED) is 0.728. The molecule has 3 heteroatoms. The van der Waals surface area contributed by atoms with Gasteiger partial charge in [-0.05, 0) is 32.6 Å². The lowest BCUT2D eigenvalue weighted by atomic mass is 9.85. The first kappa shape index (κ1) is 11.5. The third kappa shape index (κ3) is 3.29. The van der Waals surface area contributed by atoms with Crippen molar-refractivity contribution in [3.05, 3.63) is 0 Å². The van der Waals surface area contributed by atoms with E-state index < -0.39 is 5.97 Å². The molecule has 1 aliphatic carbocycles. The summed E-state index contributed by atoms with van der Waals surface area (Å²) >= 11 is 0. The Morgan fingerprint density at radius 1 is 1.57 bits per heavy atom. The molecule has 0 aliphatic heterocycles. The molecule has 0 aromatic heterocycles. The number of carboxylic acids is 1. The lowest BCUT2D eigenvalue weighted by Gasteiger charge is -2.29. The zero-order valence-corrected chi connectivity index (χ0v) is 9.12. The molecule has 0 radical (unpaired) electrons. The Kier molecular flexibility index (Phi) is 4.39. The van der Waals surface area contributed by atoms with Crippen molar-refractivity contribution >= 4 is 5.97 Å². The summed E-state index contributed by atoms with van der Waals surface area (Å²) in [7, 11) is 0. The Morgan fingerprint density at radius 3 is 2.86 bits per heavy atom. The number of nitrogens with one attached hydrogen (secondary N) is 1. The zero-order valence-electron chi connectivity index (χ0n) is 9.12. The summed E-state index contributed by atoms with van der Waals surface area (Å²) in [6, 6.07) is 0.923. The standard InChI is InChI=1S/C11H21NO2/c1-3-8(2)12-10-6-4-5-9(7-10)11(13)14/h8-10,12H,3-7H2,1-2H3,(H,13,14). The van der Waals surface area contributed by atoms with Crippen LogP contribution in [-0.2, 0) is 4.79 Å². The van der Waals surface area contributed by atoms with Crippen LogP contribution in [-0.4, -0.2) is 23.2 Å². The number of hydrogen-bond donors (Lipinski definition) is 2. The number of carboxylic acid groups (broad SMARTS) is 1. The van der Waals surface area contributed by atoms with Gasteiger partial charge in [0.25, 0.3) is 0 Å². The first-order valence-corrected chi connectivity index (χ1v) is 5.62. The van der Waals surface area contributed by atoms with Crippen molar-refractivity contribution in [2.75, 3.05) is 0 Å². The monoisotopic (exact) mass is 199 g/mol. The van der Waals surface area contributed by atoms with E-state index in [9.17, 15) is 4.79 Å². The Morgan fingerprint density at radius 2 is 2.29 bits per heavy atom. The molecule has 0 heterocycles. The molecule has 1 saturated carbocycles. The molecule has 0 amide bonds. The van der Waals surface area contributed by atoms with Crippen LogP contribution < -0.4 is 5.32 Å². The fraction of sp³-hybridized carbons (Fsp3) is 0.909. The van der Waals surface area contributed by atoms with E-state index in [4.69, 9.17) is 5.11 Å². The minimum atomic E-state index is -0.624. The normalized spacial score (nSPS) is 29.9. The highest BCUT2D eigenvalue weighted by Gasteiger charge is 2.27. The average Bonchev–Trinajstić information content (AvgIpc) is 2.18. The van der Waals surface area contributed by atoms with Crippen LogP contribution >= 0.6 is 0 Å². The average molecular weight is 199 g/mol. The maximum Gasteiger partial charge on any atom is 0.306 e. The SMILES string of the molecule is CCC(C)NC1CCCC(C(=O)O)C1. The number of aliphatic carboxylic acids is 1.